The van der Waals surface area contributed by atoms with Gasteiger partial charge in [-0.3, -0.25) is 14.5 Å². The monoisotopic (exact) mass is 331 g/mol. The van der Waals surface area contributed by atoms with Crippen LogP contribution < -0.4 is 5.32 Å². The van der Waals surface area contributed by atoms with E-state index in [-0.39, 0.29) is 17.9 Å². The standard InChI is InChI=1S/C19H29N3O2/c1-14-8-7-9-16(12-14)13-22-11-6-5-10-17(22)18(23)20-15(2)19(24)21(3)4/h7-9,12,15,17H,5-6,10-11,13H2,1-4H3,(H,20,23). The zero-order valence-electron chi connectivity index (χ0n) is 15.2. The molecule has 0 radical (unpaired) electrons. The molecule has 1 saturated heterocycles. The Bertz CT molecular complexity index is 586. The number of likely N-dealkylation sites (tertiary alicyclic amines) is 1. The van der Waals surface area contributed by atoms with Gasteiger partial charge >= 0.3 is 0 Å². The first-order chi connectivity index (χ1) is 11.4. The van der Waals surface area contributed by atoms with Gasteiger partial charge in [0.25, 0.3) is 0 Å². The van der Waals surface area contributed by atoms with Crippen LogP contribution in [0.4, 0.5) is 0 Å². The van der Waals surface area contributed by atoms with E-state index in [1.54, 1.807) is 21.0 Å². The lowest BCUT2D eigenvalue weighted by molar-refractivity contribution is -0.136. The number of hydrogen-bond acceptors (Lipinski definition) is 3. The Labute approximate surface area is 145 Å². The topological polar surface area (TPSA) is 52.7 Å². The first-order valence-electron chi connectivity index (χ1n) is 8.69. The Morgan fingerprint density at radius 3 is 2.75 bits per heavy atom. The number of likely N-dealkylation sites (N-methyl/N-ethyl adjacent to an activating group) is 1. The van der Waals surface area contributed by atoms with Gasteiger partial charge in [-0.25, -0.2) is 0 Å². The van der Waals surface area contributed by atoms with Crippen molar-refractivity contribution in [3.8, 4) is 0 Å². The fourth-order valence-corrected chi connectivity index (χ4v) is 3.28. The Balaban J connectivity index is 2.02. The highest BCUT2D eigenvalue weighted by molar-refractivity contribution is 5.89. The van der Waals surface area contributed by atoms with Crippen LogP contribution in [0.2, 0.25) is 0 Å². The van der Waals surface area contributed by atoms with Gasteiger partial charge in [-0.05, 0) is 38.8 Å². The van der Waals surface area contributed by atoms with Gasteiger partial charge in [0.05, 0.1) is 6.04 Å². The fraction of sp³-hybridized carbons (Fsp3) is 0.579. The SMILES string of the molecule is Cc1cccc(CN2CCCCC2C(=O)NC(C)C(=O)N(C)C)c1. The van der Waals surface area contributed by atoms with Crippen molar-refractivity contribution >= 4 is 11.8 Å². The summed E-state index contributed by atoms with van der Waals surface area (Å²) in [5.41, 5.74) is 2.46. The van der Waals surface area contributed by atoms with Crippen molar-refractivity contribution in [1.82, 2.24) is 15.1 Å². The maximum Gasteiger partial charge on any atom is 0.244 e. The van der Waals surface area contributed by atoms with Crippen molar-refractivity contribution < 1.29 is 9.59 Å². The van der Waals surface area contributed by atoms with Crippen LogP contribution in [-0.4, -0.2) is 54.3 Å². The van der Waals surface area contributed by atoms with Gasteiger partial charge in [-0.2, -0.15) is 0 Å². The molecule has 1 aliphatic heterocycles. The molecule has 1 fully saturated rings. The molecule has 1 aromatic rings. The molecule has 1 aromatic carbocycles. The number of hydrogen-bond donors (Lipinski definition) is 1. The minimum atomic E-state index is -0.491. The molecular formula is C19H29N3O2. The van der Waals surface area contributed by atoms with Gasteiger partial charge in [0, 0.05) is 20.6 Å². The van der Waals surface area contributed by atoms with Crippen molar-refractivity contribution in [3.63, 3.8) is 0 Å². The van der Waals surface area contributed by atoms with E-state index in [2.05, 4.69) is 41.4 Å². The largest absolute Gasteiger partial charge is 0.347 e. The number of nitrogens with zero attached hydrogens (tertiary/aromatic N) is 2. The van der Waals surface area contributed by atoms with Crippen molar-refractivity contribution in [2.45, 2.75) is 51.7 Å². The number of aryl methyl sites for hydroxylation is 1. The second-order valence-electron chi connectivity index (χ2n) is 6.93. The Morgan fingerprint density at radius 2 is 2.08 bits per heavy atom. The molecule has 2 unspecified atom stereocenters. The zero-order chi connectivity index (χ0) is 17.7. The van der Waals surface area contributed by atoms with E-state index >= 15 is 0 Å². The molecule has 2 amide bonds. The Hall–Kier alpha value is -1.88. The summed E-state index contributed by atoms with van der Waals surface area (Å²) in [7, 11) is 3.41. The molecule has 0 saturated carbocycles. The van der Waals surface area contributed by atoms with Crippen LogP contribution in [0.25, 0.3) is 0 Å². The van der Waals surface area contributed by atoms with Gasteiger partial charge in [-0.15, -0.1) is 0 Å². The Morgan fingerprint density at radius 1 is 1.33 bits per heavy atom. The quantitative estimate of drug-likeness (QED) is 0.897. The predicted molar refractivity (Wildman–Crippen MR) is 95.5 cm³/mol. The maximum absolute atomic E-state index is 12.7. The van der Waals surface area contributed by atoms with E-state index in [0.29, 0.717) is 0 Å². The molecule has 0 aromatic heterocycles. The van der Waals surface area contributed by atoms with Crippen LogP contribution in [0.5, 0.6) is 0 Å². The van der Waals surface area contributed by atoms with Crippen LogP contribution in [0.1, 0.15) is 37.3 Å². The van der Waals surface area contributed by atoms with E-state index < -0.39 is 6.04 Å². The second-order valence-corrected chi connectivity index (χ2v) is 6.93. The van der Waals surface area contributed by atoms with Gasteiger partial charge in [0.2, 0.25) is 11.8 Å². The first-order valence-corrected chi connectivity index (χ1v) is 8.69. The van der Waals surface area contributed by atoms with Crippen LogP contribution >= 0.6 is 0 Å². The number of nitrogens with one attached hydrogen (secondary N) is 1. The molecule has 1 heterocycles. The molecule has 0 bridgehead atoms. The third-order valence-electron chi connectivity index (χ3n) is 4.55. The van der Waals surface area contributed by atoms with E-state index in [4.69, 9.17) is 0 Å². The highest BCUT2D eigenvalue weighted by Gasteiger charge is 2.30. The average Bonchev–Trinajstić information content (AvgIpc) is 2.54. The van der Waals surface area contributed by atoms with Crippen molar-refractivity contribution in [1.29, 1.82) is 0 Å². The summed E-state index contributed by atoms with van der Waals surface area (Å²) in [5.74, 6) is -0.116. The van der Waals surface area contributed by atoms with Crippen LogP contribution in [0.3, 0.4) is 0 Å². The molecule has 5 nitrogen and oxygen atoms in total. The summed E-state index contributed by atoms with van der Waals surface area (Å²) >= 11 is 0. The summed E-state index contributed by atoms with van der Waals surface area (Å²) < 4.78 is 0. The van der Waals surface area contributed by atoms with Crippen molar-refractivity contribution in [3.05, 3.63) is 35.4 Å². The lowest BCUT2D eigenvalue weighted by atomic mass is 9.99. The summed E-state index contributed by atoms with van der Waals surface area (Å²) in [5, 5.41) is 2.89. The normalized spacial score (nSPS) is 19.6. The highest BCUT2D eigenvalue weighted by atomic mass is 16.2. The molecule has 132 valence electrons. The molecule has 0 spiro atoms. The predicted octanol–water partition coefficient (Wildman–Crippen LogP) is 1.94. The number of piperidine rings is 1. The molecule has 2 rings (SSSR count). The second kappa shape index (κ2) is 8.29. The minimum absolute atomic E-state index is 0.0370. The third-order valence-corrected chi connectivity index (χ3v) is 4.55. The van der Waals surface area contributed by atoms with Gasteiger partial charge in [-0.1, -0.05) is 36.2 Å². The van der Waals surface area contributed by atoms with Crippen LogP contribution in [-0.2, 0) is 16.1 Å². The van der Waals surface area contributed by atoms with E-state index in [1.807, 2.05) is 0 Å². The average molecular weight is 331 g/mol. The minimum Gasteiger partial charge on any atom is -0.347 e. The number of carbonyl (C=O) groups excluding carboxylic acids is 2. The zero-order valence-corrected chi connectivity index (χ0v) is 15.2. The van der Waals surface area contributed by atoms with Crippen molar-refractivity contribution in [2.75, 3.05) is 20.6 Å². The van der Waals surface area contributed by atoms with Crippen LogP contribution in [0, 0.1) is 6.92 Å². The maximum atomic E-state index is 12.7. The fourth-order valence-electron chi connectivity index (χ4n) is 3.28. The Kier molecular flexibility index (Phi) is 6.37. The summed E-state index contributed by atoms with van der Waals surface area (Å²) in [6, 6.07) is 7.77. The molecule has 2 atom stereocenters. The number of carbonyl (C=O) groups is 2. The van der Waals surface area contributed by atoms with Gasteiger partial charge < -0.3 is 10.2 Å². The van der Waals surface area contributed by atoms with E-state index in [0.717, 1.165) is 32.4 Å². The summed E-state index contributed by atoms with van der Waals surface area (Å²) in [6.07, 6.45) is 3.01. The van der Waals surface area contributed by atoms with Crippen LogP contribution in [0.15, 0.2) is 24.3 Å². The lowest BCUT2D eigenvalue weighted by Crippen LogP contribution is -2.53. The summed E-state index contributed by atoms with van der Waals surface area (Å²) in [6.45, 7) is 5.52. The molecule has 24 heavy (non-hydrogen) atoms. The smallest absolute Gasteiger partial charge is 0.244 e. The lowest BCUT2D eigenvalue weighted by Gasteiger charge is -2.35. The first kappa shape index (κ1) is 18.5. The number of benzene rings is 1. The van der Waals surface area contributed by atoms with E-state index in [1.165, 1.54) is 16.0 Å². The molecule has 0 aliphatic carbocycles. The third kappa shape index (κ3) is 4.81. The number of amides is 2. The van der Waals surface area contributed by atoms with Crippen molar-refractivity contribution in [2.24, 2.45) is 0 Å². The molecule has 1 aliphatic rings. The molecule has 1 N–H and O–H groups in total. The number of rotatable bonds is 5. The molecule has 5 heteroatoms. The van der Waals surface area contributed by atoms with Gasteiger partial charge in [0.1, 0.15) is 6.04 Å². The highest BCUT2D eigenvalue weighted by Crippen LogP contribution is 2.20. The summed E-state index contributed by atoms with van der Waals surface area (Å²) in [4.78, 5) is 28.4. The van der Waals surface area contributed by atoms with E-state index in [9.17, 15) is 9.59 Å². The molecular weight excluding hydrogens is 302 g/mol. The van der Waals surface area contributed by atoms with Gasteiger partial charge in [0.15, 0.2) is 0 Å².